The van der Waals surface area contributed by atoms with Crippen LogP contribution in [0.15, 0.2) is 274 Å². The highest BCUT2D eigenvalue weighted by Crippen LogP contribution is 2.57. The number of hydrogen-bond acceptors (Lipinski definition) is 4. The van der Waals surface area contributed by atoms with Gasteiger partial charge in [0.15, 0.2) is 0 Å². The first-order valence-corrected chi connectivity index (χ1v) is 30.1. The van der Waals surface area contributed by atoms with Gasteiger partial charge in [0.1, 0.15) is 0 Å². The molecule has 0 amide bonds. The second kappa shape index (κ2) is 17.0. The fourth-order valence-electron chi connectivity index (χ4n) is 15.1. The van der Waals surface area contributed by atoms with Crippen molar-refractivity contribution in [3.8, 4) is 22.3 Å². The third-order valence-electron chi connectivity index (χ3n) is 18.4. The lowest BCUT2D eigenvalue weighted by Crippen LogP contribution is -2.35. The molecule has 0 saturated heterocycles. The van der Waals surface area contributed by atoms with Crippen LogP contribution in [0.4, 0.5) is 28.4 Å². The normalized spacial score (nSPS) is 14.7. The molecule has 4 heteroatoms. The summed E-state index contributed by atoms with van der Waals surface area (Å²) in [5, 5.41) is 23.3. The Morgan fingerprint density at radius 3 is 1.23 bits per heavy atom. The summed E-state index contributed by atoms with van der Waals surface area (Å²) in [5.74, 6) is 0. The second-order valence-electron chi connectivity index (χ2n) is 22.5. The Bertz CT molecular complexity index is 5290. The monoisotopic (exact) mass is 1070 g/mol. The van der Waals surface area contributed by atoms with Gasteiger partial charge in [-0.25, -0.2) is 0 Å². The minimum atomic E-state index is 0.0237. The number of benzene rings is 16. The SMILES string of the molecule is C1=CC(N2c3ccccc3Sc3ccccc32)Cc2c1c(-c1ccc3c4cccc5cccc(c6cccc1c63)c54)c1cc(N3c4ccccc4Sc4ccccc43)ccc1c2-c1ccc2c3cccc4cccc(c5cccc1c52)c43. The zero-order valence-corrected chi connectivity index (χ0v) is 46.0. The summed E-state index contributed by atoms with van der Waals surface area (Å²) in [6.45, 7) is 0. The molecular formula is C78H46N2S2. The van der Waals surface area contributed by atoms with Crippen LogP contribution in [0.25, 0.3) is 125 Å². The van der Waals surface area contributed by atoms with E-state index in [1.807, 2.05) is 23.5 Å². The molecule has 1 atom stereocenters. The molecule has 0 radical (unpaired) electrons. The van der Waals surface area contributed by atoms with E-state index in [1.165, 1.54) is 173 Å². The lowest BCUT2D eigenvalue weighted by Gasteiger charge is -2.40. The summed E-state index contributed by atoms with van der Waals surface area (Å²) in [4.78, 5) is 10.2. The van der Waals surface area contributed by atoms with E-state index in [2.05, 4.69) is 271 Å². The molecule has 3 aliphatic rings. The third kappa shape index (κ3) is 6.18. The molecule has 0 spiro atoms. The lowest BCUT2D eigenvalue weighted by molar-refractivity contribution is 0.755. The highest BCUT2D eigenvalue weighted by molar-refractivity contribution is 8.00. The first-order chi connectivity index (χ1) is 40.7. The average Bonchev–Trinajstić information content (AvgIpc) is 1.85. The van der Waals surface area contributed by atoms with Gasteiger partial charge < -0.3 is 9.80 Å². The molecule has 2 heterocycles. The molecule has 0 fully saturated rings. The summed E-state index contributed by atoms with van der Waals surface area (Å²) in [6, 6.07) is 94.6. The Labute approximate surface area is 481 Å². The quantitative estimate of drug-likeness (QED) is 0.128. The minimum absolute atomic E-state index is 0.0237. The van der Waals surface area contributed by atoms with Crippen molar-refractivity contribution in [2.24, 2.45) is 0 Å². The molecule has 2 nitrogen and oxygen atoms in total. The molecule has 82 heavy (non-hydrogen) atoms. The van der Waals surface area contributed by atoms with Gasteiger partial charge in [0.25, 0.3) is 0 Å². The van der Waals surface area contributed by atoms with Crippen molar-refractivity contribution in [2.45, 2.75) is 32.0 Å². The van der Waals surface area contributed by atoms with Crippen LogP contribution < -0.4 is 9.80 Å². The van der Waals surface area contributed by atoms with E-state index >= 15 is 0 Å². The number of nitrogens with zero attached hydrogens (tertiary/aromatic N) is 2. The van der Waals surface area contributed by atoms with Crippen LogP contribution in [0.2, 0.25) is 0 Å². The van der Waals surface area contributed by atoms with Crippen molar-refractivity contribution >= 4 is 155 Å². The molecule has 0 saturated carbocycles. The number of fused-ring (bicyclic) bond motifs is 10. The fraction of sp³-hybridized carbons (Fsp3) is 0.0256. The summed E-state index contributed by atoms with van der Waals surface area (Å²) in [5.41, 5.74) is 13.8. The van der Waals surface area contributed by atoms with Crippen molar-refractivity contribution < 1.29 is 0 Å². The van der Waals surface area contributed by atoms with Crippen LogP contribution in [-0.2, 0) is 6.42 Å². The molecule has 16 aromatic rings. The van der Waals surface area contributed by atoms with E-state index in [0.717, 1.165) is 12.1 Å². The number of hydrogen-bond donors (Lipinski definition) is 0. The zero-order chi connectivity index (χ0) is 53.3. The predicted molar refractivity (Wildman–Crippen MR) is 352 cm³/mol. The molecular weight excluding hydrogens is 1030 g/mol. The lowest BCUT2D eigenvalue weighted by atomic mass is 9.76. The topological polar surface area (TPSA) is 6.48 Å². The van der Waals surface area contributed by atoms with Gasteiger partial charge in [0, 0.05) is 25.3 Å². The van der Waals surface area contributed by atoms with Crippen LogP contribution >= 0.6 is 23.5 Å². The summed E-state index contributed by atoms with van der Waals surface area (Å²) < 4.78 is 0. The molecule has 0 N–H and O–H groups in total. The summed E-state index contributed by atoms with van der Waals surface area (Å²) in [6.07, 6.45) is 5.85. The molecule has 0 bridgehead atoms. The van der Waals surface area contributed by atoms with E-state index in [0.29, 0.717) is 0 Å². The van der Waals surface area contributed by atoms with Crippen molar-refractivity contribution in [3.63, 3.8) is 0 Å². The van der Waals surface area contributed by atoms with Crippen molar-refractivity contribution in [1.82, 2.24) is 0 Å². The van der Waals surface area contributed by atoms with Crippen LogP contribution in [0, 0.1) is 0 Å². The Morgan fingerprint density at radius 1 is 0.317 bits per heavy atom. The fourth-order valence-corrected chi connectivity index (χ4v) is 17.3. The van der Waals surface area contributed by atoms with Gasteiger partial charge in [-0.3, -0.25) is 0 Å². The first kappa shape index (κ1) is 45.2. The number of anilines is 5. The maximum Gasteiger partial charge on any atom is 0.0601 e. The van der Waals surface area contributed by atoms with E-state index in [4.69, 9.17) is 0 Å². The van der Waals surface area contributed by atoms with E-state index in [9.17, 15) is 0 Å². The van der Waals surface area contributed by atoms with Crippen molar-refractivity contribution in [3.05, 3.63) is 266 Å². The number of rotatable bonds is 4. The average molecular weight is 1080 g/mol. The van der Waals surface area contributed by atoms with E-state index in [-0.39, 0.29) is 6.04 Å². The van der Waals surface area contributed by atoms with E-state index < -0.39 is 0 Å². The van der Waals surface area contributed by atoms with E-state index in [1.54, 1.807) is 0 Å². The molecule has 380 valence electrons. The first-order valence-electron chi connectivity index (χ1n) is 28.5. The summed E-state index contributed by atoms with van der Waals surface area (Å²) in [7, 11) is 0. The predicted octanol–water partition coefficient (Wildman–Crippen LogP) is 22.5. The van der Waals surface area contributed by atoms with Crippen LogP contribution in [0.3, 0.4) is 0 Å². The Hall–Kier alpha value is -9.58. The molecule has 2 aliphatic heterocycles. The Kier molecular flexibility index (Phi) is 9.36. The smallest absolute Gasteiger partial charge is 0.0601 e. The van der Waals surface area contributed by atoms with Gasteiger partial charge in [0.2, 0.25) is 0 Å². The van der Waals surface area contributed by atoms with Gasteiger partial charge in [-0.2, -0.15) is 0 Å². The highest BCUT2D eigenvalue weighted by Gasteiger charge is 2.35. The standard InChI is InChI=1S/C78H46N2S2/c1-5-31-69-65(27-1)79(66-28-2-6-32-70(66)81-69)47-35-37-61-63(43-47)77(59-41-39-57-51-21-11-17-45-15-9-19-49(73(45)51)53-23-13-25-55(59)75(53)57)62-38-36-48(80-67-29-3-7-33-71(67)82-72-34-8-4-30-68(72)80)44-64(62)78(61)60-42-40-58-52-22-12-18-46-16-10-20-50(74(46)52)54-24-14-26-56(60)76(54)58/h1-43,48H,44H2. The Balaban J connectivity index is 0.963. The van der Waals surface area contributed by atoms with Gasteiger partial charge in [-0.1, -0.05) is 224 Å². The zero-order valence-electron chi connectivity index (χ0n) is 44.3. The third-order valence-corrected chi connectivity index (χ3v) is 20.7. The van der Waals surface area contributed by atoms with Gasteiger partial charge in [-0.15, -0.1) is 0 Å². The van der Waals surface area contributed by atoms with Crippen LogP contribution in [-0.4, -0.2) is 6.04 Å². The largest absolute Gasteiger partial charge is 0.332 e. The van der Waals surface area contributed by atoms with Crippen molar-refractivity contribution in [2.75, 3.05) is 9.80 Å². The molecule has 16 aromatic carbocycles. The molecule has 1 aliphatic carbocycles. The van der Waals surface area contributed by atoms with Gasteiger partial charge in [0.05, 0.1) is 28.8 Å². The van der Waals surface area contributed by atoms with Crippen molar-refractivity contribution in [1.29, 1.82) is 0 Å². The van der Waals surface area contributed by atoms with Gasteiger partial charge in [-0.05, 0) is 197 Å². The Morgan fingerprint density at radius 2 is 0.720 bits per heavy atom. The maximum atomic E-state index is 2.64. The van der Waals surface area contributed by atoms with Gasteiger partial charge >= 0.3 is 0 Å². The minimum Gasteiger partial charge on any atom is -0.332 e. The summed E-state index contributed by atoms with van der Waals surface area (Å²) >= 11 is 3.74. The maximum absolute atomic E-state index is 2.64. The molecule has 0 aromatic heterocycles. The highest BCUT2D eigenvalue weighted by atomic mass is 32.2. The van der Waals surface area contributed by atoms with Crippen LogP contribution in [0.5, 0.6) is 0 Å². The molecule has 1 unspecified atom stereocenters. The second-order valence-corrected chi connectivity index (χ2v) is 24.6. The van der Waals surface area contributed by atoms with Crippen LogP contribution in [0.1, 0.15) is 11.1 Å². The number of para-hydroxylation sites is 4. The molecule has 19 rings (SSSR count).